The van der Waals surface area contributed by atoms with E-state index in [1.165, 1.54) is 17.1 Å². The van der Waals surface area contributed by atoms with Gasteiger partial charge in [0.15, 0.2) is 6.04 Å². The molecule has 0 N–H and O–H groups in total. The smallest absolute Gasteiger partial charge is 0.330 e. The summed E-state index contributed by atoms with van der Waals surface area (Å²) in [5.41, 5.74) is 1.16. The van der Waals surface area contributed by atoms with Crippen molar-refractivity contribution in [2.45, 2.75) is 51.5 Å². The molecule has 2 fully saturated rings. The summed E-state index contributed by atoms with van der Waals surface area (Å²) in [6, 6.07) is 9.14. The van der Waals surface area contributed by atoms with Gasteiger partial charge in [0.05, 0.1) is 13.7 Å². The highest BCUT2D eigenvalue weighted by Crippen LogP contribution is 2.50. The molecule has 0 aliphatic carbocycles. The van der Waals surface area contributed by atoms with Crippen LogP contribution in [0.1, 0.15) is 44.6 Å². The summed E-state index contributed by atoms with van der Waals surface area (Å²) in [7, 11) is -1.82. The summed E-state index contributed by atoms with van der Waals surface area (Å²) in [6.07, 6.45) is 3.45. The molecule has 8 nitrogen and oxygen atoms in total. The minimum atomic E-state index is -3.09. The van der Waals surface area contributed by atoms with Gasteiger partial charge in [-0.05, 0) is 44.6 Å². The van der Waals surface area contributed by atoms with Gasteiger partial charge in [-0.3, -0.25) is 19.2 Å². The van der Waals surface area contributed by atoms with Crippen molar-refractivity contribution in [1.82, 2.24) is 10.0 Å². The predicted molar refractivity (Wildman–Crippen MR) is 120 cm³/mol. The van der Waals surface area contributed by atoms with E-state index < -0.39 is 25.3 Å². The number of nitrogens with zero attached hydrogens (tertiary/aromatic N) is 2. The molecule has 2 aliphatic heterocycles. The third-order valence-electron chi connectivity index (χ3n) is 6.12. The minimum absolute atomic E-state index is 0.0833. The number of carbonyl (C=O) groups is 3. The summed E-state index contributed by atoms with van der Waals surface area (Å²) in [5, 5.41) is 2.66. The van der Waals surface area contributed by atoms with Gasteiger partial charge in [-0.15, -0.1) is 0 Å². The first-order chi connectivity index (χ1) is 15.4. The number of rotatable bonds is 9. The lowest BCUT2D eigenvalue weighted by atomic mass is 10.0. The van der Waals surface area contributed by atoms with E-state index in [1.54, 1.807) is 6.92 Å². The Kier molecular flexibility index (Phi) is 8.49. The fraction of sp³-hybridized carbons (Fsp3) is 0.609. The van der Waals surface area contributed by atoms with Crippen LogP contribution in [0.3, 0.4) is 0 Å². The zero-order valence-corrected chi connectivity index (χ0v) is 19.8. The summed E-state index contributed by atoms with van der Waals surface area (Å²) in [4.78, 5) is 38.5. The van der Waals surface area contributed by atoms with Crippen LogP contribution in [0.15, 0.2) is 30.3 Å². The fourth-order valence-electron chi connectivity index (χ4n) is 4.56. The Balaban J connectivity index is 1.75. The molecule has 3 rings (SSSR count). The average Bonchev–Trinajstić information content (AvgIpc) is 2.91. The normalized spacial score (nSPS) is 23.3. The molecule has 9 heteroatoms. The Bertz CT molecular complexity index is 861. The molecule has 176 valence electrons. The van der Waals surface area contributed by atoms with Crippen LogP contribution in [0.4, 0.5) is 0 Å². The van der Waals surface area contributed by atoms with Crippen LogP contribution in [0.25, 0.3) is 0 Å². The van der Waals surface area contributed by atoms with Crippen molar-refractivity contribution < 1.29 is 28.2 Å². The van der Waals surface area contributed by atoms with Crippen LogP contribution >= 0.6 is 7.37 Å². The van der Waals surface area contributed by atoms with Crippen LogP contribution in [0.2, 0.25) is 0 Å². The number of aryl methyl sites for hydroxylation is 1. The topological polar surface area (TPSA) is 93.2 Å². The average molecular weight is 464 g/mol. The molecule has 3 atom stereocenters. The second-order valence-electron chi connectivity index (χ2n) is 8.34. The van der Waals surface area contributed by atoms with E-state index in [1.807, 2.05) is 30.3 Å². The number of hydrogen-bond acceptors (Lipinski definition) is 6. The van der Waals surface area contributed by atoms with Gasteiger partial charge in [0.1, 0.15) is 0 Å². The lowest BCUT2D eigenvalue weighted by molar-refractivity contribution is -0.182. The predicted octanol–water partition coefficient (Wildman–Crippen LogP) is 3.25. The molecule has 0 radical (unpaired) electrons. The van der Waals surface area contributed by atoms with Crippen LogP contribution in [0.5, 0.6) is 0 Å². The number of benzene rings is 1. The van der Waals surface area contributed by atoms with E-state index in [4.69, 9.17) is 9.26 Å². The summed E-state index contributed by atoms with van der Waals surface area (Å²) >= 11 is 0. The van der Waals surface area contributed by atoms with Gasteiger partial charge in [0.25, 0.3) is 0 Å². The van der Waals surface area contributed by atoms with Crippen molar-refractivity contribution >= 4 is 25.2 Å². The van der Waals surface area contributed by atoms with Gasteiger partial charge in [-0.1, -0.05) is 30.3 Å². The van der Waals surface area contributed by atoms with E-state index in [9.17, 15) is 18.9 Å². The zero-order chi connectivity index (χ0) is 23.1. The first-order valence-electron chi connectivity index (χ1n) is 11.4. The van der Waals surface area contributed by atoms with Gasteiger partial charge < -0.3 is 9.26 Å². The van der Waals surface area contributed by atoms with Crippen molar-refractivity contribution in [2.75, 3.05) is 32.6 Å². The molecule has 1 unspecified atom stereocenters. The van der Waals surface area contributed by atoms with Crippen LogP contribution in [0, 0.1) is 5.92 Å². The molecule has 2 heterocycles. The van der Waals surface area contributed by atoms with Gasteiger partial charge >= 0.3 is 5.97 Å². The summed E-state index contributed by atoms with van der Waals surface area (Å²) < 4.78 is 24.3. The highest BCUT2D eigenvalue weighted by atomic mass is 31.2. The number of carbonyl (C=O) groups excluding carboxylic acids is 3. The van der Waals surface area contributed by atoms with Gasteiger partial charge in [-0.25, -0.2) is 9.80 Å². The largest absolute Gasteiger partial charge is 0.467 e. The number of hydrazine groups is 1. The molecular weight excluding hydrogens is 431 g/mol. The molecule has 2 saturated heterocycles. The molecule has 2 aliphatic rings. The van der Waals surface area contributed by atoms with Crippen LogP contribution < -0.4 is 0 Å². The maximum atomic E-state index is 13.7. The van der Waals surface area contributed by atoms with Crippen molar-refractivity contribution in [3.63, 3.8) is 0 Å². The Morgan fingerprint density at radius 2 is 1.94 bits per heavy atom. The van der Waals surface area contributed by atoms with E-state index in [0.717, 1.165) is 12.0 Å². The lowest BCUT2D eigenvalue weighted by Crippen LogP contribution is -2.60. The third kappa shape index (κ3) is 5.78. The standard InChI is InChI=1S/C23H33N2O6P/c1-3-31-32(29,16-8-11-18-9-5-4-6-10-18)17-19-13-14-21(26)24-15-7-12-20(23(28)30-2)25(24)22(19)27/h4-6,9-10,19-20H,3,7-8,11-17H2,1-2H3/t19-,20+,32?/m1/s1. The Morgan fingerprint density at radius 1 is 1.19 bits per heavy atom. The highest BCUT2D eigenvalue weighted by Gasteiger charge is 2.46. The first kappa shape index (κ1) is 24.5. The Labute approximate surface area is 189 Å². The molecule has 32 heavy (non-hydrogen) atoms. The monoisotopic (exact) mass is 464 g/mol. The second-order valence-corrected chi connectivity index (χ2v) is 11.0. The summed E-state index contributed by atoms with van der Waals surface area (Å²) in [6.45, 7) is 2.48. The number of hydrogen-bond donors (Lipinski definition) is 0. The molecular formula is C23H33N2O6P. The maximum Gasteiger partial charge on any atom is 0.330 e. The number of ether oxygens (including phenoxy) is 1. The number of methoxy groups -OCH3 is 1. The summed E-state index contributed by atoms with van der Waals surface area (Å²) in [5.74, 6) is -1.70. The van der Waals surface area contributed by atoms with Crippen molar-refractivity contribution in [3.8, 4) is 0 Å². The number of esters is 1. The van der Waals surface area contributed by atoms with E-state index in [-0.39, 0.29) is 24.4 Å². The Hall–Kier alpha value is -2.18. The van der Waals surface area contributed by atoms with Crippen molar-refractivity contribution in [3.05, 3.63) is 35.9 Å². The van der Waals surface area contributed by atoms with Gasteiger partial charge in [0.2, 0.25) is 19.2 Å². The van der Waals surface area contributed by atoms with Crippen molar-refractivity contribution in [2.24, 2.45) is 5.92 Å². The first-order valence-corrected chi connectivity index (χ1v) is 13.4. The van der Waals surface area contributed by atoms with E-state index >= 15 is 0 Å². The molecule has 2 amide bonds. The van der Waals surface area contributed by atoms with Crippen LogP contribution in [-0.4, -0.2) is 66.4 Å². The van der Waals surface area contributed by atoms with E-state index in [2.05, 4.69) is 0 Å². The zero-order valence-electron chi connectivity index (χ0n) is 18.9. The quantitative estimate of drug-likeness (QED) is 0.411. The molecule has 1 aromatic carbocycles. The maximum absolute atomic E-state index is 13.7. The lowest BCUT2D eigenvalue weighted by Gasteiger charge is -2.42. The third-order valence-corrected chi connectivity index (χ3v) is 8.84. The highest BCUT2D eigenvalue weighted by molar-refractivity contribution is 7.59. The fourth-order valence-corrected chi connectivity index (χ4v) is 7.10. The number of amides is 2. The number of fused-ring (bicyclic) bond motifs is 1. The van der Waals surface area contributed by atoms with Gasteiger partial charge in [-0.2, -0.15) is 0 Å². The SMILES string of the molecule is CCOP(=O)(CCCc1ccccc1)C[C@H]1CCC(=O)N2CCC[C@@H](C(=O)OC)N2C1=O. The molecule has 1 aromatic rings. The van der Waals surface area contributed by atoms with E-state index in [0.29, 0.717) is 45.0 Å². The Morgan fingerprint density at radius 3 is 2.62 bits per heavy atom. The molecule has 0 bridgehead atoms. The van der Waals surface area contributed by atoms with Crippen molar-refractivity contribution in [1.29, 1.82) is 0 Å². The second kappa shape index (κ2) is 11.1. The minimum Gasteiger partial charge on any atom is -0.467 e. The molecule has 0 spiro atoms. The van der Waals surface area contributed by atoms with Crippen LogP contribution in [-0.2, 0) is 34.6 Å². The molecule has 0 aromatic heterocycles. The molecule has 0 saturated carbocycles. The van der Waals surface area contributed by atoms with Gasteiger partial charge in [0, 0.05) is 31.2 Å².